The van der Waals surface area contributed by atoms with Gasteiger partial charge in [0.1, 0.15) is 23.1 Å². The van der Waals surface area contributed by atoms with Gasteiger partial charge in [0.25, 0.3) is 0 Å². The summed E-state index contributed by atoms with van der Waals surface area (Å²) in [5, 5.41) is 11.2. The monoisotopic (exact) mass is 285 g/mol. The Morgan fingerprint density at radius 1 is 1.48 bits per heavy atom. The minimum absolute atomic E-state index is 0.113. The van der Waals surface area contributed by atoms with Gasteiger partial charge < -0.3 is 20.4 Å². The minimum atomic E-state index is -0.626. The lowest BCUT2D eigenvalue weighted by Gasteiger charge is -2.22. The van der Waals surface area contributed by atoms with Gasteiger partial charge in [-0.25, -0.2) is 9.97 Å². The highest BCUT2D eigenvalue weighted by atomic mass is 16.3. The van der Waals surface area contributed by atoms with E-state index in [1.165, 1.54) is 0 Å². The zero-order valence-electron chi connectivity index (χ0n) is 12.0. The second-order valence-electron chi connectivity index (χ2n) is 5.91. The molecule has 6 heteroatoms. The van der Waals surface area contributed by atoms with E-state index in [9.17, 15) is 5.11 Å². The van der Waals surface area contributed by atoms with Gasteiger partial charge in [0.15, 0.2) is 0 Å². The second-order valence-corrected chi connectivity index (χ2v) is 5.91. The van der Waals surface area contributed by atoms with Gasteiger partial charge in [-0.3, -0.25) is 0 Å². The van der Waals surface area contributed by atoms with E-state index in [0.717, 1.165) is 41.3 Å². The molecule has 1 fully saturated rings. The summed E-state index contributed by atoms with van der Waals surface area (Å²) in [6.07, 6.45) is 6.18. The van der Waals surface area contributed by atoms with Crippen LogP contribution in [0.15, 0.2) is 18.5 Å². The molecule has 0 spiro atoms. The third-order valence-electron chi connectivity index (χ3n) is 4.50. The molecule has 21 heavy (non-hydrogen) atoms. The Balaban J connectivity index is 2.08. The largest absolute Gasteiger partial charge is 0.385 e. The van der Waals surface area contributed by atoms with Crippen molar-refractivity contribution in [2.24, 2.45) is 5.73 Å². The molecular weight excluding hydrogens is 266 g/mol. The van der Waals surface area contributed by atoms with Crippen molar-refractivity contribution in [1.29, 1.82) is 0 Å². The van der Waals surface area contributed by atoms with Crippen LogP contribution >= 0.6 is 0 Å². The van der Waals surface area contributed by atoms with Crippen LogP contribution in [0.3, 0.4) is 0 Å². The molecule has 0 aliphatic heterocycles. The molecule has 3 aromatic rings. The predicted octanol–water partition coefficient (Wildman–Crippen LogP) is 2.02. The fraction of sp³-hybridized carbons (Fsp3) is 0.467. The number of hydrogen-bond donors (Lipinski definition) is 3. The normalized spacial score (nSPS) is 24.1. The summed E-state index contributed by atoms with van der Waals surface area (Å²) in [4.78, 5) is 12.1. The topological polar surface area (TPSA) is 92.8 Å². The molecule has 3 heterocycles. The van der Waals surface area contributed by atoms with E-state index in [0.29, 0.717) is 5.82 Å². The van der Waals surface area contributed by atoms with Crippen LogP contribution in [0.1, 0.15) is 44.2 Å². The van der Waals surface area contributed by atoms with E-state index < -0.39 is 6.10 Å². The predicted molar refractivity (Wildman–Crippen MR) is 80.9 cm³/mol. The second kappa shape index (κ2) is 4.54. The fourth-order valence-corrected chi connectivity index (χ4v) is 3.53. The van der Waals surface area contributed by atoms with Crippen LogP contribution < -0.4 is 5.73 Å². The molecule has 0 amide bonds. The molecule has 1 saturated carbocycles. The molecule has 0 radical (unpaired) electrons. The van der Waals surface area contributed by atoms with E-state index >= 15 is 0 Å². The molecule has 4 rings (SSSR count). The van der Waals surface area contributed by atoms with Crippen LogP contribution in [0.25, 0.3) is 22.1 Å². The molecule has 0 aromatic carbocycles. The van der Waals surface area contributed by atoms with Crippen LogP contribution in [0, 0.1) is 0 Å². The van der Waals surface area contributed by atoms with Crippen molar-refractivity contribution in [2.45, 2.75) is 44.4 Å². The van der Waals surface area contributed by atoms with Crippen molar-refractivity contribution >= 4 is 22.1 Å². The number of aromatic amines is 1. The van der Waals surface area contributed by atoms with Crippen LogP contribution in [0.4, 0.5) is 0 Å². The number of imidazole rings is 1. The zero-order valence-corrected chi connectivity index (χ0v) is 12.0. The summed E-state index contributed by atoms with van der Waals surface area (Å²) in [5.74, 6) is 0.683. The standard InChI is InChI=1S/C15H19N5O/c1-8(21)15-19-11-7-18-14-9(5-6-17-14)13(11)20(15)12-4-2-3-10(12)16/h5-8,10,12,21H,2-4,16H2,1H3,(H,17,18)/t8-,10+,12-/m1/s1. The van der Waals surface area contributed by atoms with Crippen LogP contribution in [0.5, 0.6) is 0 Å². The number of nitrogens with one attached hydrogen (secondary N) is 1. The summed E-state index contributed by atoms with van der Waals surface area (Å²) in [5.41, 5.74) is 8.98. The molecule has 3 aromatic heterocycles. The number of pyridine rings is 1. The summed E-state index contributed by atoms with van der Waals surface area (Å²) in [6.45, 7) is 1.75. The molecular formula is C15H19N5O. The van der Waals surface area contributed by atoms with Gasteiger partial charge in [0, 0.05) is 17.6 Å². The number of aliphatic hydroxyl groups is 1. The number of aliphatic hydroxyl groups excluding tert-OH is 1. The van der Waals surface area contributed by atoms with E-state index in [4.69, 9.17) is 5.73 Å². The van der Waals surface area contributed by atoms with E-state index in [1.807, 2.05) is 12.3 Å². The van der Waals surface area contributed by atoms with Crippen molar-refractivity contribution in [3.05, 3.63) is 24.3 Å². The van der Waals surface area contributed by atoms with E-state index in [-0.39, 0.29) is 12.1 Å². The number of nitrogens with zero attached hydrogens (tertiary/aromatic N) is 3. The van der Waals surface area contributed by atoms with Crippen molar-refractivity contribution in [3.63, 3.8) is 0 Å². The van der Waals surface area contributed by atoms with Crippen molar-refractivity contribution in [2.75, 3.05) is 0 Å². The highest BCUT2D eigenvalue weighted by Gasteiger charge is 2.30. The molecule has 1 aliphatic carbocycles. The number of nitrogens with two attached hydrogens (primary N) is 1. The zero-order chi connectivity index (χ0) is 14.6. The van der Waals surface area contributed by atoms with Crippen LogP contribution in [0.2, 0.25) is 0 Å². The Bertz CT molecular complexity index is 803. The summed E-state index contributed by atoms with van der Waals surface area (Å²) in [7, 11) is 0. The lowest BCUT2D eigenvalue weighted by Crippen LogP contribution is -2.28. The highest BCUT2D eigenvalue weighted by molar-refractivity contribution is 6.01. The Hall–Kier alpha value is -1.92. The van der Waals surface area contributed by atoms with Gasteiger partial charge in [0.2, 0.25) is 0 Å². The Kier molecular flexibility index (Phi) is 2.77. The first-order valence-corrected chi connectivity index (χ1v) is 7.44. The van der Waals surface area contributed by atoms with Gasteiger partial charge in [-0.2, -0.15) is 0 Å². The van der Waals surface area contributed by atoms with Gasteiger partial charge in [-0.05, 0) is 32.3 Å². The Morgan fingerprint density at radius 2 is 2.33 bits per heavy atom. The van der Waals surface area contributed by atoms with Crippen LogP contribution in [-0.4, -0.2) is 30.7 Å². The van der Waals surface area contributed by atoms with Gasteiger partial charge in [-0.1, -0.05) is 0 Å². The Labute approximate surface area is 122 Å². The van der Waals surface area contributed by atoms with Gasteiger partial charge >= 0.3 is 0 Å². The third-order valence-corrected chi connectivity index (χ3v) is 4.50. The minimum Gasteiger partial charge on any atom is -0.385 e. The third kappa shape index (κ3) is 1.79. The van der Waals surface area contributed by atoms with E-state index in [1.54, 1.807) is 13.1 Å². The van der Waals surface area contributed by atoms with E-state index in [2.05, 4.69) is 19.5 Å². The summed E-state index contributed by atoms with van der Waals surface area (Å²) >= 11 is 0. The number of aromatic nitrogens is 4. The molecule has 0 unspecified atom stereocenters. The number of hydrogen-bond acceptors (Lipinski definition) is 4. The van der Waals surface area contributed by atoms with Gasteiger partial charge in [-0.15, -0.1) is 0 Å². The molecule has 0 saturated heterocycles. The van der Waals surface area contributed by atoms with Crippen molar-refractivity contribution < 1.29 is 5.11 Å². The molecule has 3 atom stereocenters. The number of fused-ring (bicyclic) bond motifs is 3. The summed E-state index contributed by atoms with van der Waals surface area (Å²) in [6, 6.07) is 2.32. The smallest absolute Gasteiger partial charge is 0.139 e. The highest BCUT2D eigenvalue weighted by Crippen LogP contribution is 2.36. The molecule has 6 nitrogen and oxygen atoms in total. The quantitative estimate of drug-likeness (QED) is 0.671. The maximum atomic E-state index is 10.1. The molecule has 1 aliphatic rings. The first-order chi connectivity index (χ1) is 10.2. The average molecular weight is 285 g/mol. The van der Waals surface area contributed by atoms with Gasteiger partial charge in [0.05, 0.1) is 17.8 Å². The first-order valence-electron chi connectivity index (χ1n) is 7.44. The lowest BCUT2D eigenvalue weighted by atomic mass is 10.1. The van der Waals surface area contributed by atoms with Crippen molar-refractivity contribution in [1.82, 2.24) is 19.5 Å². The van der Waals surface area contributed by atoms with Crippen LogP contribution in [-0.2, 0) is 0 Å². The first kappa shape index (κ1) is 12.8. The number of rotatable bonds is 2. The van der Waals surface area contributed by atoms with Crippen molar-refractivity contribution in [3.8, 4) is 0 Å². The molecule has 4 N–H and O–H groups in total. The lowest BCUT2D eigenvalue weighted by molar-refractivity contribution is 0.180. The fourth-order valence-electron chi connectivity index (χ4n) is 3.53. The molecule has 0 bridgehead atoms. The maximum absolute atomic E-state index is 10.1. The summed E-state index contributed by atoms with van der Waals surface area (Å²) < 4.78 is 2.15. The SMILES string of the molecule is C[C@@H](O)c1nc2cnc3[nH]ccc3c2n1[C@@H]1CCC[C@@H]1N. The number of H-pyrrole nitrogens is 1. The maximum Gasteiger partial charge on any atom is 0.139 e. The Morgan fingerprint density at radius 3 is 3.05 bits per heavy atom. The molecule has 110 valence electrons. The average Bonchev–Trinajstić information content (AvgIpc) is 3.13.